The molecule has 0 bridgehead atoms. The Labute approximate surface area is 120 Å². The van der Waals surface area contributed by atoms with Crippen molar-refractivity contribution in [2.75, 3.05) is 6.61 Å². The van der Waals surface area contributed by atoms with Crippen LogP contribution in [-0.4, -0.2) is 6.61 Å². The molecule has 0 aliphatic rings. The molecule has 0 saturated carbocycles. The minimum atomic E-state index is -1.96. The van der Waals surface area contributed by atoms with E-state index in [1.165, 1.54) is 12.8 Å². The van der Waals surface area contributed by atoms with Crippen LogP contribution < -0.4 is 5.30 Å². The first-order chi connectivity index (χ1) is 8.73. The molecule has 100 valence electrons. The standard InChI is InChI=1S/C14H21OPS2/c1-3-5-6-10-13-18-16(17,15-4-2)14-11-8-7-9-12-14/h7-13H,3-6H2,1-2H3/b13-10+. The van der Waals surface area contributed by atoms with Gasteiger partial charge in [0, 0.05) is 5.30 Å². The van der Waals surface area contributed by atoms with E-state index in [1.54, 1.807) is 11.4 Å². The second-order valence-corrected chi connectivity index (χ2v) is 10.5. The summed E-state index contributed by atoms with van der Waals surface area (Å²) >= 11 is 7.42. The van der Waals surface area contributed by atoms with Crippen LogP contribution in [0, 0.1) is 0 Å². The van der Waals surface area contributed by atoms with Gasteiger partial charge in [-0.3, -0.25) is 0 Å². The van der Waals surface area contributed by atoms with Gasteiger partial charge in [-0.1, -0.05) is 79.4 Å². The summed E-state index contributed by atoms with van der Waals surface area (Å²) in [5, 5.41) is 3.27. The van der Waals surface area contributed by atoms with Gasteiger partial charge in [0.1, 0.15) is 0 Å². The largest absolute Gasteiger partial charge is 0.338 e. The first kappa shape index (κ1) is 16.0. The molecule has 1 aromatic rings. The predicted molar refractivity (Wildman–Crippen MR) is 88.2 cm³/mol. The summed E-state index contributed by atoms with van der Waals surface area (Å²) < 4.78 is 5.86. The Bertz CT molecular complexity index is 404. The van der Waals surface area contributed by atoms with E-state index in [9.17, 15) is 0 Å². The maximum atomic E-state index is 5.86. The second kappa shape index (κ2) is 8.92. The van der Waals surface area contributed by atoms with Crippen molar-refractivity contribution in [3.05, 3.63) is 41.8 Å². The van der Waals surface area contributed by atoms with Gasteiger partial charge in [0.05, 0.1) is 6.61 Å². The fourth-order valence-corrected chi connectivity index (χ4v) is 6.15. The van der Waals surface area contributed by atoms with Gasteiger partial charge in [-0.15, -0.1) is 0 Å². The second-order valence-electron chi connectivity index (χ2n) is 3.87. The van der Waals surface area contributed by atoms with Gasteiger partial charge in [0.2, 0.25) is 0 Å². The molecule has 0 aliphatic carbocycles. The van der Waals surface area contributed by atoms with Gasteiger partial charge in [0.25, 0.3) is 0 Å². The molecular weight excluding hydrogens is 279 g/mol. The van der Waals surface area contributed by atoms with Gasteiger partial charge in [-0.25, -0.2) is 0 Å². The van der Waals surface area contributed by atoms with E-state index in [0.717, 1.165) is 11.7 Å². The molecule has 0 heterocycles. The minimum absolute atomic E-state index is 0.669. The summed E-state index contributed by atoms with van der Waals surface area (Å²) in [6, 6.07) is 10.2. The Balaban J connectivity index is 2.69. The maximum Gasteiger partial charge on any atom is 0.152 e. The van der Waals surface area contributed by atoms with Crippen LogP contribution in [-0.2, 0) is 16.3 Å². The fraction of sp³-hybridized carbons (Fsp3) is 0.429. The van der Waals surface area contributed by atoms with Gasteiger partial charge in [-0.05, 0) is 18.8 Å². The molecule has 0 aliphatic heterocycles. The Morgan fingerprint density at radius 2 is 2.00 bits per heavy atom. The monoisotopic (exact) mass is 300 g/mol. The lowest BCUT2D eigenvalue weighted by Crippen LogP contribution is -2.03. The van der Waals surface area contributed by atoms with Crippen LogP contribution in [0.25, 0.3) is 0 Å². The van der Waals surface area contributed by atoms with Crippen LogP contribution in [0.15, 0.2) is 41.8 Å². The zero-order chi connectivity index (χ0) is 13.3. The van der Waals surface area contributed by atoms with Gasteiger partial charge >= 0.3 is 0 Å². The first-order valence-corrected chi connectivity index (χ1v) is 10.6. The lowest BCUT2D eigenvalue weighted by Gasteiger charge is -2.19. The molecule has 1 nitrogen and oxygen atoms in total. The molecule has 1 rings (SSSR count). The van der Waals surface area contributed by atoms with E-state index < -0.39 is 5.47 Å². The van der Waals surface area contributed by atoms with E-state index in [1.807, 2.05) is 25.1 Å². The summed E-state index contributed by atoms with van der Waals surface area (Å²) in [7, 11) is 0. The fourth-order valence-electron chi connectivity index (χ4n) is 1.46. The topological polar surface area (TPSA) is 9.23 Å². The maximum absolute atomic E-state index is 5.86. The Morgan fingerprint density at radius 1 is 1.28 bits per heavy atom. The number of allylic oxidation sites excluding steroid dienone is 1. The van der Waals surface area contributed by atoms with E-state index in [-0.39, 0.29) is 0 Å². The quantitative estimate of drug-likeness (QED) is 0.488. The molecule has 0 fully saturated rings. The molecule has 0 N–H and O–H groups in total. The SMILES string of the molecule is CCCC/C=C/SP(=S)(OCC)c1ccccc1. The Morgan fingerprint density at radius 3 is 2.61 bits per heavy atom. The Kier molecular flexibility index (Phi) is 7.92. The van der Waals surface area contributed by atoms with Gasteiger partial charge in [-0.2, -0.15) is 0 Å². The molecule has 0 spiro atoms. The third-order valence-corrected chi connectivity index (χ3v) is 8.38. The molecule has 0 aromatic heterocycles. The minimum Gasteiger partial charge on any atom is -0.338 e. The van der Waals surface area contributed by atoms with Crippen molar-refractivity contribution in [2.45, 2.75) is 33.1 Å². The molecule has 1 aromatic carbocycles. The lowest BCUT2D eigenvalue weighted by molar-refractivity contribution is 0.390. The van der Waals surface area contributed by atoms with E-state index in [0.29, 0.717) is 6.61 Å². The average molecular weight is 300 g/mol. The molecule has 1 atom stereocenters. The zero-order valence-electron chi connectivity index (χ0n) is 11.0. The molecule has 4 heteroatoms. The third-order valence-electron chi connectivity index (χ3n) is 2.39. The molecule has 0 saturated heterocycles. The summed E-state index contributed by atoms with van der Waals surface area (Å²) in [6.07, 6.45) is 5.80. The van der Waals surface area contributed by atoms with E-state index >= 15 is 0 Å². The van der Waals surface area contributed by atoms with Crippen molar-refractivity contribution >= 4 is 34.0 Å². The van der Waals surface area contributed by atoms with Crippen LogP contribution in [0.4, 0.5) is 0 Å². The van der Waals surface area contributed by atoms with Crippen molar-refractivity contribution in [1.29, 1.82) is 0 Å². The highest BCUT2D eigenvalue weighted by molar-refractivity contribution is 8.72. The Hall–Kier alpha value is -0.0800. The van der Waals surface area contributed by atoms with Crippen LogP contribution >= 0.6 is 16.8 Å². The van der Waals surface area contributed by atoms with Crippen LogP contribution in [0.3, 0.4) is 0 Å². The molecular formula is C14H21OPS2. The lowest BCUT2D eigenvalue weighted by atomic mass is 10.2. The first-order valence-electron chi connectivity index (χ1n) is 6.36. The number of benzene rings is 1. The van der Waals surface area contributed by atoms with Crippen LogP contribution in [0.1, 0.15) is 33.1 Å². The van der Waals surface area contributed by atoms with Crippen LogP contribution in [0.2, 0.25) is 0 Å². The summed E-state index contributed by atoms with van der Waals surface area (Å²) in [4.78, 5) is 0. The predicted octanol–water partition coefficient (Wildman–Crippen LogP) is 5.10. The summed E-state index contributed by atoms with van der Waals surface area (Å²) in [5.74, 6) is 0. The van der Waals surface area contributed by atoms with Crippen molar-refractivity contribution in [3.63, 3.8) is 0 Å². The van der Waals surface area contributed by atoms with Gasteiger partial charge in [0.15, 0.2) is 5.47 Å². The van der Waals surface area contributed by atoms with E-state index in [4.69, 9.17) is 16.3 Å². The molecule has 0 radical (unpaired) electrons. The van der Waals surface area contributed by atoms with Crippen molar-refractivity contribution in [1.82, 2.24) is 0 Å². The smallest absolute Gasteiger partial charge is 0.152 e. The molecule has 0 amide bonds. The highest BCUT2D eigenvalue weighted by Crippen LogP contribution is 2.59. The molecule has 18 heavy (non-hydrogen) atoms. The molecule has 1 unspecified atom stereocenters. The highest BCUT2D eigenvalue weighted by atomic mass is 32.9. The number of hydrogen-bond acceptors (Lipinski definition) is 3. The summed E-state index contributed by atoms with van der Waals surface area (Å²) in [5.41, 5.74) is -1.96. The number of rotatable bonds is 8. The summed E-state index contributed by atoms with van der Waals surface area (Å²) in [6.45, 7) is 4.88. The average Bonchev–Trinajstić information content (AvgIpc) is 2.40. The van der Waals surface area contributed by atoms with E-state index in [2.05, 4.69) is 30.5 Å². The highest BCUT2D eigenvalue weighted by Gasteiger charge is 2.19. The van der Waals surface area contributed by atoms with Gasteiger partial charge < -0.3 is 4.52 Å². The zero-order valence-corrected chi connectivity index (χ0v) is 13.6. The van der Waals surface area contributed by atoms with Crippen molar-refractivity contribution in [3.8, 4) is 0 Å². The normalized spacial score (nSPS) is 14.8. The van der Waals surface area contributed by atoms with Crippen molar-refractivity contribution < 1.29 is 4.52 Å². The van der Waals surface area contributed by atoms with Crippen LogP contribution in [0.5, 0.6) is 0 Å². The van der Waals surface area contributed by atoms with Crippen molar-refractivity contribution in [2.24, 2.45) is 0 Å². The number of hydrogen-bond donors (Lipinski definition) is 0. The number of unbranched alkanes of at least 4 members (excludes halogenated alkanes) is 2. The third kappa shape index (κ3) is 5.27.